The molecule has 0 bridgehead atoms. The fourth-order valence-electron chi connectivity index (χ4n) is 1.47. The lowest BCUT2D eigenvalue weighted by Gasteiger charge is -2.21. The van der Waals surface area contributed by atoms with Gasteiger partial charge in [0.05, 0.1) is 6.10 Å². The van der Waals surface area contributed by atoms with Crippen LogP contribution in [-0.2, 0) is 0 Å². The van der Waals surface area contributed by atoms with E-state index in [1.165, 1.54) is 0 Å². The Labute approximate surface area is 109 Å². The summed E-state index contributed by atoms with van der Waals surface area (Å²) in [5.41, 5.74) is 5.67. The number of hydrogen-bond donors (Lipinski definition) is 1. The van der Waals surface area contributed by atoms with E-state index in [1.807, 2.05) is 25.8 Å². The van der Waals surface area contributed by atoms with E-state index < -0.39 is 0 Å². The van der Waals surface area contributed by atoms with Crippen LogP contribution in [0.25, 0.3) is 0 Å². The lowest BCUT2D eigenvalue weighted by atomic mass is 10.1. The predicted molar refractivity (Wildman–Crippen MR) is 72.7 cm³/mol. The van der Waals surface area contributed by atoms with Crippen molar-refractivity contribution in [2.45, 2.75) is 40.2 Å². The molecule has 0 aliphatic carbocycles. The third-order valence-corrected chi connectivity index (χ3v) is 2.59. The molecule has 1 aromatic rings. The Morgan fingerprint density at radius 1 is 1.22 bits per heavy atom. The van der Waals surface area contributed by atoms with Gasteiger partial charge in [-0.25, -0.2) is 0 Å². The van der Waals surface area contributed by atoms with E-state index in [-0.39, 0.29) is 18.1 Å². The summed E-state index contributed by atoms with van der Waals surface area (Å²) in [6, 6.07) is 0.281. The van der Waals surface area contributed by atoms with Crippen LogP contribution in [0.4, 0.5) is 11.9 Å². The first-order valence-corrected chi connectivity index (χ1v) is 6.31. The van der Waals surface area contributed by atoms with Crippen LogP contribution in [0.1, 0.15) is 34.1 Å². The minimum absolute atomic E-state index is 0.0134. The minimum atomic E-state index is 0.0134. The Kier molecular flexibility index (Phi) is 5.12. The van der Waals surface area contributed by atoms with Crippen molar-refractivity contribution in [2.24, 2.45) is 5.92 Å². The molecule has 6 nitrogen and oxygen atoms in total. The summed E-state index contributed by atoms with van der Waals surface area (Å²) in [6.07, 6.45) is 1.12. The molecule has 1 unspecified atom stereocenters. The summed E-state index contributed by atoms with van der Waals surface area (Å²) >= 11 is 0. The van der Waals surface area contributed by atoms with Crippen LogP contribution in [0.3, 0.4) is 0 Å². The van der Waals surface area contributed by atoms with Crippen molar-refractivity contribution in [1.29, 1.82) is 0 Å². The zero-order valence-corrected chi connectivity index (χ0v) is 11.8. The van der Waals surface area contributed by atoms with E-state index in [0.717, 1.165) is 13.0 Å². The third-order valence-electron chi connectivity index (χ3n) is 2.59. The van der Waals surface area contributed by atoms with Crippen LogP contribution in [0.2, 0.25) is 0 Å². The number of hydrogen-bond acceptors (Lipinski definition) is 6. The van der Waals surface area contributed by atoms with Gasteiger partial charge < -0.3 is 15.4 Å². The molecule has 0 saturated heterocycles. The van der Waals surface area contributed by atoms with Gasteiger partial charge in [-0.3, -0.25) is 0 Å². The molecule has 0 aromatic carbocycles. The van der Waals surface area contributed by atoms with Gasteiger partial charge in [-0.1, -0.05) is 20.3 Å². The van der Waals surface area contributed by atoms with Crippen molar-refractivity contribution in [1.82, 2.24) is 15.0 Å². The first-order valence-electron chi connectivity index (χ1n) is 6.31. The second-order valence-corrected chi connectivity index (χ2v) is 4.84. The average Bonchev–Trinajstić information content (AvgIpc) is 2.26. The van der Waals surface area contributed by atoms with E-state index in [2.05, 4.69) is 28.8 Å². The Morgan fingerprint density at radius 2 is 1.89 bits per heavy atom. The van der Waals surface area contributed by atoms with Crippen LogP contribution in [0.5, 0.6) is 6.01 Å². The molecule has 1 rings (SSSR count). The van der Waals surface area contributed by atoms with E-state index in [0.29, 0.717) is 11.9 Å². The van der Waals surface area contributed by atoms with Crippen LogP contribution >= 0.6 is 0 Å². The Morgan fingerprint density at radius 3 is 2.44 bits per heavy atom. The summed E-state index contributed by atoms with van der Waals surface area (Å²) in [6.45, 7) is 9.06. The molecule has 1 atom stereocenters. The molecule has 1 heterocycles. The van der Waals surface area contributed by atoms with Crippen molar-refractivity contribution in [3.8, 4) is 6.01 Å². The van der Waals surface area contributed by atoms with Gasteiger partial charge >= 0.3 is 6.01 Å². The molecule has 6 heteroatoms. The van der Waals surface area contributed by atoms with Gasteiger partial charge in [0.15, 0.2) is 0 Å². The first-order chi connectivity index (χ1) is 8.42. The topological polar surface area (TPSA) is 77.2 Å². The Bertz CT molecular complexity index is 383. The van der Waals surface area contributed by atoms with Gasteiger partial charge in [0.25, 0.3) is 0 Å². The number of nitrogen functional groups attached to an aromatic ring is 1. The van der Waals surface area contributed by atoms with Crippen LogP contribution < -0.4 is 15.4 Å². The largest absolute Gasteiger partial charge is 0.461 e. The molecule has 0 aliphatic heterocycles. The van der Waals surface area contributed by atoms with Gasteiger partial charge in [-0.15, -0.1) is 0 Å². The van der Waals surface area contributed by atoms with Crippen molar-refractivity contribution >= 4 is 11.9 Å². The van der Waals surface area contributed by atoms with Crippen molar-refractivity contribution < 1.29 is 4.74 Å². The maximum Gasteiger partial charge on any atom is 0.323 e. The fourth-order valence-corrected chi connectivity index (χ4v) is 1.47. The number of aromatic nitrogens is 3. The van der Waals surface area contributed by atoms with Gasteiger partial charge in [0.2, 0.25) is 11.9 Å². The zero-order valence-electron chi connectivity index (χ0n) is 11.8. The maximum atomic E-state index is 5.67. The highest BCUT2D eigenvalue weighted by Crippen LogP contribution is 2.15. The number of ether oxygens (including phenoxy) is 1. The maximum absolute atomic E-state index is 5.67. The Balaban J connectivity index is 2.84. The Hall–Kier alpha value is -1.59. The summed E-state index contributed by atoms with van der Waals surface area (Å²) in [7, 11) is 1.94. The normalized spacial score (nSPS) is 12.6. The van der Waals surface area contributed by atoms with Crippen LogP contribution in [0, 0.1) is 5.92 Å². The number of nitrogens with two attached hydrogens (primary N) is 1. The molecule has 0 spiro atoms. The molecule has 0 radical (unpaired) electrons. The molecule has 0 saturated carbocycles. The van der Waals surface area contributed by atoms with Gasteiger partial charge in [-0.05, 0) is 19.8 Å². The lowest BCUT2D eigenvalue weighted by molar-refractivity contribution is 0.222. The molecule has 0 amide bonds. The minimum Gasteiger partial charge on any atom is -0.461 e. The standard InChI is InChI=1S/C12H23N5O/c1-6-9(4)7-17(5)11-14-10(13)15-12(16-11)18-8(2)3/h8-9H,6-7H2,1-5H3,(H2,13,14,15,16). The average molecular weight is 253 g/mol. The van der Waals surface area contributed by atoms with Crippen molar-refractivity contribution in [3.63, 3.8) is 0 Å². The summed E-state index contributed by atoms with van der Waals surface area (Å²) < 4.78 is 5.45. The first kappa shape index (κ1) is 14.5. The molecular formula is C12H23N5O. The molecule has 0 fully saturated rings. The predicted octanol–water partition coefficient (Wildman–Crippen LogP) is 1.72. The van der Waals surface area contributed by atoms with E-state index >= 15 is 0 Å². The lowest BCUT2D eigenvalue weighted by Crippen LogP contribution is -2.26. The van der Waals surface area contributed by atoms with Gasteiger partial charge in [-0.2, -0.15) is 15.0 Å². The summed E-state index contributed by atoms with van der Waals surface area (Å²) in [5.74, 6) is 1.31. The molecule has 0 aliphatic rings. The van der Waals surface area contributed by atoms with E-state index in [4.69, 9.17) is 10.5 Å². The highest BCUT2D eigenvalue weighted by Gasteiger charge is 2.12. The van der Waals surface area contributed by atoms with E-state index in [9.17, 15) is 0 Å². The molecule has 102 valence electrons. The highest BCUT2D eigenvalue weighted by atomic mass is 16.5. The smallest absolute Gasteiger partial charge is 0.323 e. The van der Waals surface area contributed by atoms with Crippen molar-refractivity contribution in [2.75, 3.05) is 24.2 Å². The molecular weight excluding hydrogens is 230 g/mol. The van der Waals surface area contributed by atoms with E-state index in [1.54, 1.807) is 0 Å². The number of rotatable bonds is 6. The SMILES string of the molecule is CCC(C)CN(C)c1nc(N)nc(OC(C)C)n1. The molecule has 18 heavy (non-hydrogen) atoms. The van der Waals surface area contributed by atoms with Crippen LogP contribution in [-0.4, -0.2) is 34.6 Å². The summed E-state index contributed by atoms with van der Waals surface area (Å²) in [5, 5.41) is 0. The monoisotopic (exact) mass is 253 g/mol. The number of nitrogens with zero attached hydrogens (tertiary/aromatic N) is 4. The van der Waals surface area contributed by atoms with Crippen molar-refractivity contribution in [3.05, 3.63) is 0 Å². The van der Waals surface area contributed by atoms with Gasteiger partial charge in [0, 0.05) is 13.6 Å². The summed E-state index contributed by atoms with van der Waals surface area (Å²) in [4.78, 5) is 14.3. The van der Waals surface area contributed by atoms with Gasteiger partial charge in [0.1, 0.15) is 0 Å². The highest BCUT2D eigenvalue weighted by molar-refractivity contribution is 5.35. The number of anilines is 2. The molecule has 2 N–H and O–H groups in total. The fraction of sp³-hybridized carbons (Fsp3) is 0.750. The molecule has 1 aromatic heterocycles. The quantitative estimate of drug-likeness (QED) is 0.831. The zero-order chi connectivity index (χ0) is 13.7. The second-order valence-electron chi connectivity index (χ2n) is 4.84. The van der Waals surface area contributed by atoms with Crippen LogP contribution in [0.15, 0.2) is 0 Å². The second kappa shape index (κ2) is 6.37. The third kappa shape index (κ3) is 4.35.